The molecule has 0 spiro atoms. The van der Waals surface area contributed by atoms with Crippen LogP contribution < -0.4 is 15.4 Å². The van der Waals surface area contributed by atoms with E-state index in [1.54, 1.807) is 62.6 Å². The topological polar surface area (TPSA) is 91.2 Å². The Hall–Kier alpha value is -3.99. The molecule has 0 unspecified atom stereocenters. The van der Waals surface area contributed by atoms with E-state index in [1.165, 1.54) is 11.8 Å². The third kappa shape index (κ3) is 5.88. The molecule has 0 fully saturated rings. The number of benzene rings is 3. The number of ether oxygens (including phenoxy) is 1. The van der Waals surface area contributed by atoms with Gasteiger partial charge in [-0.1, -0.05) is 59.8 Å². The molecule has 0 aromatic heterocycles. The smallest absolute Gasteiger partial charge is 0.254 e. The monoisotopic (exact) mass is 529 g/mol. The Bertz CT molecular complexity index is 1430. The second-order valence-corrected chi connectivity index (χ2v) is 9.63. The van der Waals surface area contributed by atoms with Gasteiger partial charge in [0.25, 0.3) is 5.91 Å². The maximum Gasteiger partial charge on any atom is 0.254 e. The van der Waals surface area contributed by atoms with Crippen LogP contribution in [0.4, 0.5) is 5.69 Å². The summed E-state index contributed by atoms with van der Waals surface area (Å²) in [5, 5.41) is 17.3. The highest BCUT2D eigenvalue weighted by Crippen LogP contribution is 2.43. The molecule has 0 saturated carbocycles. The van der Waals surface area contributed by atoms with Crippen molar-refractivity contribution in [3.63, 3.8) is 0 Å². The zero-order valence-electron chi connectivity index (χ0n) is 20.2. The van der Waals surface area contributed by atoms with E-state index >= 15 is 0 Å². The Morgan fingerprint density at radius 1 is 1.05 bits per heavy atom. The zero-order chi connectivity index (χ0) is 26.4. The number of carbonyl (C=O) groups is 2. The molecule has 1 aliphatic rings. The fourth-order valence-electron chi connectivity index (χ4n) is 4.07. The lowest BCUT2D eigenvalue weighted by molar-refractivity contribution is -0.113. The molecule has 1 aliphatic heterocycles. The minimum atomic E-state index is -0.706. The Kier molecular flexibility index (Phi) is 8.34. The molecule has 3 aromatic carbocycles. The van der Waals surface area contributed by atoms with Gasteiger partial charge >= 0.3 is 0 Å². The predicted molar refractivity (Wildman–Crippen MR) is 148 cm³/mol. The standard InChI is InChI=1S/C29H24ClN3O3S/c1-18-26(28(35)33-20-8-4-3-5-9-20)27(22-10-6-7-11-24(22)30)23(16-31)29(32-18)37-17-25(34)19-12-14-21(36-2)15-13-19/h3-15,27,32H,17H2,1-2H3,(H,33,35)/t27-/m1/s1. The van der Waals surface area contributed by atoms with Crippen LogP contribution in [0.5, 0.6) is 5.75 Å². The van der Waals surface area contributed by atoms with Gasteiger partial charge in [-0.25, -0.2) is 0 Å². The molecule has 0 radical (unpaired) electrons. The van der Waals surface area contributed by atoms with Crippen molar-refractivity contribution < 1.29 is 14.3 Å². The molecule has 6 nitrogen and oxygen atoms in total. The lowest BCUT2D eigenvalue weighted by Gasteiger charge is -2.30. The van der Waals surface area contributed by atoms with Crippen LogP contribution in [-0.2, 0) is 4.79 Å². The molecule has 4 rings (SSSR count). The highest BCUT2D eigenvalue weighted by Gasteiger charge is 2.36. The number of para-hydroxylation sites is 1. The number of ketones is 1. The van der Waals surface area contributed by atoms with Gasteiger partial charge in [-0.15, -0.1) is 0 Å². The normalized spacial score (nSPS) is 15.0. The number of nitrogens with zero attached hydrogens (tertiary/aromatic N) is 1. The first-order chi connectivity index (χ1) is 17.9. The number of thioether (sulfide) groups is 1. The van der Waals surface area contributed by atoms with Crippen molar-refractivity contribution in [1.29, 1.82) is 5.26 Å². The third-order valence-electron chi connectivity index (χ3n) is 5.90. The number of amides is 1. The lowest BCUT2D eigenvalue weighted by Crippen LogP contribution is -2.31. The molecule has 2 N–H and O–H groups in total. The maximum atomic E-state index is 13.5. The molecule has 1 atom stereocenters. The van der Waals surface area contributed by atoms with Crippen LogP contribution >= 0.6 is 23.4 Å². The van der Waals surface area contributed by atoms with E-state index in [2.05, 4.69) is 16.7 Å². The highest BCUT2D eigenvalue weighted by molar-refractivity contribution is 8.03. The van der Waals surface area contributed by atoms with Crippen LogP contribution in [0.15, 0.2) is 101 Å². The summed E-state index contributed by atoms with van der Waals surface area (Å²) >= 11 is 7.78. The number of dihydropyridines is 1. The van der Waals surface area contributed by atoms with Crippen molar-refractivity contribution in [1.82, 2.24) is 5.32 Å². The molecule has 1 amide bonds. The summed E-state index contributed by atoms with van der Waals surface area (Å²) in [5.74, 6) is -0.372. The van der Waals surface area contributed by atoms with Gasteiger partial charge in [0.15, 0.2) is 5.78 Å². The van der Waals surface area contributed by atoms with E-state index in [0.29, 0.717) is 49.5 Å². The molecule has 3 aromatic rings. The Morgan fingerprint density at radius 3 is 2.38 bits per heavy atom. The van der Waals surface area contributed by atoms with E-state index < -0.39 is 5.92 Å². The molecule has 37 heavy (non-hydrogen) atoms. The van der Waals surface area contributed by atoms with Crippen molar-refractivity contribution in [2.45, 2.75) is 12.8 Å². The van der Waals surface area contributed by atoms with Gasteiger partial charge < -0.3 is 15.4 Å². The number of rotatable bonds is 8. The lowest BCUT2D eigenvalue weighted by atomic mass is 9.82. The quantitative estimate of drug-likeness (QED) is 0.333. The van der Waals surface area contributed by atoms with E-state index in [9.17, 15) is 14.9 Å². The molecule has 0 aliphatic carbocycles. The minimum Gasteiger partial charge on any atom is -0.497 e. The average Bonchev–Trinajstić information content (AvgIpc) is 2.92. The SMILES string of the molecule is COc1ccc(C(=O)CSC2=C(C#N)[C@@H](c3ccccc3Cl)C(C(=O)Nc3ccccc3)=C(C)N2)cc1. The van der Waals surface area contributed by atoms with Gasteiger partial charge in [-0.05, 0) is 55.0 Å². The first-order valence-electron chi connectivity index (χ1n) is 11.5. The van der Waals surface area contributed by atoms with Crippen molar-refractivity contribution in [2.24, 2.45) is 0 Å². The van der Waals surface area contributed by atoms with E-state index in [4.69, 9.17) is 16.3 Å². The molecular formula is C29H24ClN3O3S. The Labute approximate surface area is 225 Å². The summed E-state index contributed by atoms with van der Waals surface area (Å²) in [4.78, 5) is 26.3. The number of methoxy groups -OCH3 is 1. The number of nitriles is 1. The van der Waals surface area contributed by atoms with Crippen molar-refractivity contribution in [2.75, 3.05) is 18.2 Å². The largest absolute Gasteiger partial charge is 0.497 e. The van der Waals surface area contributed by atoms with Gasteiger partial charge in [0, 0.05) is 27.5 Å². The summed E-state index contributed by atoms with van der Waals surface area (Å²) in [6.45, 7) is 1.78. The van der Waals surface area contributed by atoms with Crippen LogP contribution in [-0.4, -0.2) is 24.6 Å². The second-order valence-electron chi connectivity index (χ2n) is 8.23. The summed E-state index contributed by atoms with van der Waals surface area (Å²) in [5.41, 5.74) is 3.11. The van der Waals surface area contributed by atoms with Crippen LogP contribution in [0.1, 0.15) is 28.8 Å². The van der Waals surface area contributed by atoms with Crippen LogP contribution in [0.25, 0.3) is 0 Å². The molecule has 0 saturated heterocycles. The van der Waals surface area contributed by atoms with E-state index in [0.717, 1.165) is 0 Å². The van der Waals surface area contributed by atoms with Gasteiger partial charge in [0.05, 0.1) is 35.5 Å². The molecule has 8 heteroatoms. The van der Waals surface area contributed by atoms with Crippen LogP contribution in [0, 0.1) is 11.3 Å². The number of allylic oxidation sites excluding steroid dienone is 2. The van der Waals surface area contributed by atoms with Crippen molar-refractivity contribution in [3.8, 4) is 11.8 Å². The fraction of sp³-hybridized carbons (Fsp3) is 0.138. The van der Waals surface area contributed by atoms with Crippen LogP contribution in [0.3, 0.4) is 0 Å². The number of hydrogen-bond acceptors (Lipinski definition) is 6. The average molecular weight is 530 g/mol. The number of nitrogens with one attached hydrogen (secondary N) is 2. The highest BCUT2D eigenvalue weighted by atomic mass is 35.5. The summed E-state index contributed by atoms with van der Waals surface area (Å²) in [7, 11) is 1.57. The number of halogens is 1. The first-order valence-corrected chi connectivity index (χ1v) is 12.8. The van der Waals surface area contributed by atoms with Gasteiger partial charge in [-0.3, -0.25) is 9.59 Å². The predicted octanol–water partition coefficient (Wildman–Crippen LogP) is 6.30. The maximum absolute atomic E-state index is 13.5. The summed E-state index contributed by atoms with van der Waals surface area (Å²) in [6, 6.07) is 25.4. The first kappa shape index (κ1) is 26.1. The third-order valence-corrected chi connectivity index (χ3v) is 7.26. The summed E-state index contributed by atoms with van der Waals surface area (Å²) in [6.07, 6.45) is 0. The number of Topliss-reactive ketones (excluding diaryl/α,β-unsaturated/α-hetero) is 1. The van der Waals surface area contributed by atoms with Crippen molar-refractivity contribution in [3.05, 3.63) is 117 Å². The number of carbonyl (C=O) groups excluding carboxylic acids is 2. The summed E-state index contributed by atoms with van der Waals surface area (Å²) < 4.78 is 5.16. The fourth-order valence-corrected chi connectivity index (χ4v) is 5.30. The van der Waals surface area contributed by atoms with Crippen molar-refractivity contribution >= 4 is 40.7 Å². The minimum absolute atomic E-state index is 0.0946. The Morgan fingerprint density at radius 2 is 1.73 bits per heavy atom. The Balaban J connectivity index is 1.67. The van der Waals surface area contributed by atoms with E-state index in [-0.39, 0.29) is 17.4 Å². The number of anilines is 1. The molecule has 1 heterocycles. The molecule has 186 valence electrons. The molecular weight excluding hydrogens is 506 g/mol. The van der Waals surface area contributed by atoms with E-state index in [1.807, 2.05) is 30.3 Å². The molecule has 0 bridgehead atoms. The van der Waals surface area contributed by atoms with Gasteiger partial charge in [0.2, 0.25) is 0 Å². The second kappa shape index (κ2) is 11.8. The van der Waals surface area contributed by atoms with Gasteiger partial charge in [-0.2, -0.15) is 5.26 Å². The van der Waals surface area contributed by atoms with Crippen LogP contribution in [0.2, 0.25) is 5.02 Å². The number of hydrogen-bond donors (Lipinski definition) is 2. The van der Waals surface area contributed by atoms with Gasteiger partial charge in [0.1, 0.15) is 5.75 Å². The zero-order valence-corrected chi connectivity index (χ0v) is 21.8.